The van der Waals surface area contributed by atoms with Gasteiger partial charge in [-0.25, -0.2) is 0 Å². The zero-order chi connectivity index (χ0) is 11.4. The second kappa shape index (κ2) is 5.09. The van der Waals surface area contributed by atoms with Crippen molar-refractivity contribution in [3.63, 3.8) is 0 Å². The van der Waals surface area contributed by atoms with E-state index in [1.807, 2.05) is 6.07 Å². The molecule has 0 saturated heterocycles. The first-order valence-corrected chi connectivity index (χ1v) is 5.62. The Bertz CT molecular complexity index is 390. The van der Waals surface area contributed by atoms with Gasteiger partial charge in [0.05, 0.1) is 0 Å². The predicted octanol–water partition coefficient (Wildman–Crippen LogP) is 0.620. The Balaban J connectivity index is 2.04. The van der Waals surface area contributed by atoms with Crippen molar-refractivity contribution in [1.82, 2.24) is 5.32 Å². The van der Waals surface area contributed by atoms with Gasteiger partial charge in [-0.15, -0.1) is 0 Å². The molecule has 1 aromatic carbocycles. The Morgan fingerprint density at radius 1 is 1.38 bits per heavy atom. The molecule has 0 atom stereocenters. The minimum Gasteiger partial charge on any atom is -0.326 e. The van der Waals surface area contributed by atoms with Gasteiger partial charge >= 0.3 is 0 Å². The number of hydrogen-bond donors (Lipinski definition) is 3. The molecule has 4 nitrogen and oxygen atoms in total. The Hall–Kier alpha value is -1.39. The van der Waals surface area contributed by atoms with Crippen molar-refractivity contribution >= 4 is 11.6 Å². The van der Waals surface area contributed by atoms with Crippen LogP contribution in [0.3, 0.4) is 0 Å². The highest BCUT2D eigenvalue weighted by Crippen LogP contribution is 2.23. The third-order valence-electron chi connectivity index (χ3n) is 2.80. The molecule has 1 aliphatic heterocycles. The maximum Gasteiger partial charge on any atom is 0.224 e. The average Bonchev–Trinajstić information content (AvgIpc) is 2.29. The molecule has 1 aromatic rings. The highest BCUT2D eigenvalue weighted by molar-refractivity contribution is 5.93. The number of nitrogens with two attached hydrogens (primary N) is 1. The van der Waals surface area contributed by atoms with Crippen LogP contribution in [0, 0.1) is 0 Å². The molecule has 1 aliphatic rings. The van der Waals surface area contributed by atoms with Crippen molar-refractivity contribution < 1.29 is 4.79 Å². The Kier molecular flexibility index (Phi) is 3.54. The van der Waals surface area contributed by atoms with Crippen molar-refractivity contribution in [1.29, 1.82) is 0 Å². The van der Waals surface area contributed by atoms with E-state index in [1.165, 1.54) is 11.1 Å². The van der Waals surface area contributed by atoms with E-state index < -0.39 is 0 Å². The molecule has 0 saturated carbocycles. The largest absolute Gasteiger partial charge is 0.326 e. The van der Waals surface area contributed by atoms with Crippen molar-refractivity contribution in [2.24, 2.45) is 5.73 Å². The van der Waals surface area contributed by atoms with Gasteiger partial charge in [-0.2, -0.15) is 0 Å². The van der Waals surface area contributed by atoms with Gasteiger partial charge in [0.1, 0.15) is 0 Å². The van der Waals surface area contributed by atoms with Crippen LogP contribution in [0.2, 0.25) is 0 Å². The van der Waals surface area contributed by atoms with Crippen LogP contribution in [0.1, 0.15) is 17.5 Å². The monoisotopic (exact) mass is 219 g/mol. The van der Waals surface area contributed by atoms with Gasteiger partial charge < -0.3 is 16.4 Å². The second-order valence-corrected chi connectivity index (χ2v) is 3.99. The smallest absolute Gasteiger partial charge is 0.224 e. The van der Waals surface area contributed by atoms with Crippen molar-refractivity contribution in [3.8, 4) is 0 Å². The molecular weight excluding hydrogens is 202 g/mol. The maximum atomic E-state index is 11.2. The van der Waals surface area contributed by atoms with E-state index >= 15 is 0 Å². The maximum absolute atomic E-state index is 11.2. The standard InChI is InChI=1S/C12H17N3O/c13-8-14-6-5-9-1-3-11-10(7-9)2-4-12(16)15-11/h1,3,7,14H,2,4-6,8,13H2,(H,15,16). The summed E-state index contributed by atoms with van der Waals surface area (Å²) in [6, 6.07) is 6.22. The number of aryl methyl sites for hydroxylation is 1. The predicted molar refractivity (Wildman–Crippen MR) is 64.2 cm³/mol. The molecule has 0 radical (unpaired) electrons. The number of nitrogens with one attached hydrogen (secondary N) is 2. The molecule has 0 spiro atoms. The molecular formula is C12H17N3O. The zero-order valence-electron chi connectivity index (χ0n) is 9.25. The zero-order valence-corrected chi connectivity index (χ0v) is 9.25. The number of rotatable bonds is 4. The third-order valence-corrected chi connectivity index (χ3v) is 2.80. The first-order valence-electron chi connectivity index (χ1n) is 5.62. The summed E-state index contributed by atoms with van der Waals surface area (Å²) in [4.78, 5) is 11.2. The first-order chi connectivity index (χ1) is 7.79. The number of fused-ring (bicyclic) bond motifs is 1. The molecule has 0 aromatic heterocycles. The topological polar surface area (TPSA) is 67.1 Å². The van der Waals surface area contributed by atoms with Crippen molar-refractivity contribution in [2.45, 2.75) is 19.3 Å². The lowest BCUT2D eigenvalue weighted by molar-refractivity contribution is -0.116. The molecule has 0 aliphatic carbocycles. The van der Waals surface area contributed by atoms with Gasteiger partial charge in [0.2, 0.25) is 5.91 Å². The highest BCUT2D eigenvalue weighted by Gasteiger charge is 2.14. The van der Waals surface area contributed by atoms with Gasteiger partial charge in [0.25, 0.3) is 0 Å². The molecule has 4 N–H and O–H groups in total. The summed E-state index contributed by atoms with van der Waals surface area (Å²) in [5, 5.41) is 5.97. The lowest BCUT2D eigenvalue weighted by atomic mass is 9.99. The fraction of sp³-hybridized carbons (Fsp3) is 0.417. The molecule has 0 fully saturated rings. The van der Waals surface area contributed by atoms with Crippen LogP contribution >= 0.6 is 0 Å². The summed E-state index contributed by atoms with van der Waals surface area (Å²) in [6.07, 6.45) is 2.41. The average molecular weight is 219 g/mol. The molecule has 0 unspecified atom stereocenters. The number of anilines is 1. The fourth-order valence-corrected chi connectivity index (χ4v) is 1.93. The summed E-state index contributed by atoms with van der Waals surface area (Å²) in [5.41, 5.74) is 8.85. The summed E-state index contributed by atoms with van der Waals surface area (Å²) < 4.78 is 0. The van der Waals surface area contributed by atoms with E-state index in [4.69, 9.17) is 5.73 Å². The molecule has 4 heteroatoms. The van der Waals surface area contributed by atoms with Crippen molar-refractivity contribution in [3.05, 3.63) is 29.3 Å². The van der Waals surface area contributed by atoms with Crippen LogP contribution in [0.25, 0.3) is 0 Å². The number of hydrogen-bond acceptors (Lipinski definition) is 3. The van der Waals surface area contributed by atoms with Gasteiger partial charge in [-0.1, -0.05) is 12.1 Å². The summed E-state index contributed by atoms with van der Waals surface area (Å²) >= 11 is 0. The quantitative estimate of drug-likeness (QED) is 0.513. The minimum atomic E-state index is 0.116. The number of benzene rings is 1. The fourth-order valence-electron chi connectivity index (χ4n) is 1.93. The van der Waals surface area contributed by atoms with Crippen molar-refractivity contribution in [2.75, 3.05) is 18.5 Å². The highest BCUT2D eigenvalue weighted by atomic mass is 16.1. The summed E-state index contributed by atoms with van der Waals surface area (Å²) in [5.74, 6) is 0.116. The number of amides is 1. The van der Waals surface area contributed by atoms with Crippen LogP contribution in [-0.4, -0.2) is 19.1 Å². The summed E-state index contributed by atoms with van der Waals surface area (Å²) in [7, 11) is 0. The third kappa shape index (κ3) is 2.59. The summed E-state index contributed by atoms with van der Waals surface area (Å²) in [6.45, 7) is 1.41. The Labute approximate surface area is 95.2 Å². The molecule has 86 valence electrons. The normalized spacial score (nSPS) is 14.4. The van der Waals surface area contributed by atoms with E-state index in [0.29, 0.717) is 13.1 Å². The molecule has 16 heavy (non-hydrogen) atoms. The van der Waals surface area contributed by atoms with Crippen LogP contribution in [0.15, 0.2) is 18.2 Å². The molecule has 0 bridgehead atoms. The number of carbonyl (C=O) groups excluding carboxylic acids is 1. The molecule has 1 amide bonds. The van der Waals surface area contributed by atoms with E-state index in [2.05, 4.69) is 22.8 Å². The lowest BCUT2D eigenvalue weighted by Gasteiger charge is -2.17. The second-order valence-electron chi connectivity index (χ2n) is 3.99. The Morgan fingerprint density at radius 3 is 3.06 bits per heavy atom. The minimum absolute atomic E-state index is 0.116. The van der Waals surface area contributed by atoms with E-state index in [9.17, 15) is 4.79 Å². The van der Waals surface area contributed by atoms with Gasteiger partial charge in [-0.05, 0) is 30.0 Å². The van der Waals surface area contributed by atoms with E-state index in [1.54, 1.807) is 0 Å². The SMILES string of the molecule is NCNCCc1ccc2c(c1)CCC(=O)N2. The van der Waals surface area contributed by atoms with Gasteiger partial charge in [0.15, 0.2) is 0 Å². The number of carbonyl (C=O) groups is 1. The molecule has 1 heterocycles. The molecule has 2 rings (SSSR count). The Morgan fingerprint density at radius 2 is 2.25 bits per heavy atom. The van der Waals surface area contributed by atoms with E-state index in [-0.39, 0.29) is 5.91 Å². The lowest BCUT2D eigenvalue weighted by Crippen LogP contribution is -2.24. The van der Waals surface area contributed by atoms with Crippen LogP contribution in [0.4, 0.5) is 5.69 Å². The van der Waals surface area contributed by atoms with Crippen LogP contribution in [0.5, 0.6) is 0 Å². The van der Waals surface area contributed by atoms with Crippen LogP contribution < -0.4 is 16.4 Å². The first kappa shape index (κ1) is 11.1. The van der Waals surface area contributed by atoms with Gasteiger partial charge in [0, 0.05) is 25.3 Å². The van der Waals surface area contributed by atoms with Crippen LogP contribution in [-0.2, 0) is 17.6 Å². The van der Waals surface area contributed by atoms with E-state index in [0.717, 1.165) is 25.1 Å². The van der Waals surface area contributed by atoms with Gasteiger partial charge in [-0.3, -0.25) is 4.79 Å².